The zero-order chi connectivity index (χ0) is 11.5. The monoisotopic (exact) mass is 214 g/mol. The van der Waals surface area contributed by atoms with E-state index in [4.69, 9.17) is 5.73 Å². The molecule has 2 amide bonds. The summed E-state index contributed by atoms with van der Waals surface area (Å²) >= 11 is 0. The standard InChI is InChI=1S/C11H22N2O2/c1-2-3-4-5-6-7-8-11(15)13-9-10(12)14/h2-9H2,1H3,(H2,12,14)(H,13,15). The van der Waals surface area contributed by atoms with E-state index in [1.54, 1.807) is 0 Å². The molecule has 88 valence electrons. The van der Waals surface area contributed by atoms with Crippen LogP contribution in [0, 0.1) is 0 Å². The van der Waals surface area contributed by atoms with Gasteiger partial charge in [0.15, 0.2) is 0 Å². The largest absolute Gasteiger partial charge is 0.368 e. The first-order valence-corrected chi connectivity index (χ1v) is 5.71. The predicted molar refractivity (Wildman–Crippen MR) is 60.2 cm³/mol. The summed E-state index contributed by atoms with van der Waals surface area (Å²) in [4.78, 5) is 21.5. The number of rotatable bonds is 9. The van der Waals surface area contributed by atoms with E-state index in [0.717, 1.165) is 12.8 Å². The van der Waals surface area contributed by atoms with Crippen LogP contribution in [0.15, 0.2) is 0 Å². The minimum Gasteiger partial charge on any atom is -0.368 e. The lowest BCUT2D eigenvalue weighted by Gasteiger charge is -2.02. The molecular weight excluding hydrogens is 192 g/mol. The van der Waals surface area contributed by atoms with Gasteiger partial charge in [0.1, 0.15) is 0 Å². The number of unbranched alkanes of at least 4 members (excludes halogenated alkanes) is 5. The second kappa shape index (κ2) is 9.49. The third-order valence-corrected chi connectivity index (χ3v) is 2.22. The van der Waals surface area contributed by atoms with Gasteiger partial charge in [-0.1, -0.05) is 39.0 Å². The van der Waals surface area contributed by atoms with Gasteiger partial charge in [-0.3, -0.25) is 9.59 Å². The molecule has 4 nitrogen and oxygen atoms in total. The minimum atomic E-state index is -0.494. The van der Waals surface area contributed by atoms with Gasteiger partial charge in [0.25, 0.3) is 0 Å². The topological polar surface area (TPSA) is 72.2 Å². The van der Waals surface area contributed by atoms with Crippen molar-refractivity contribution in [2.24, 2.45) is 5.73 Å². The Bertz CT molecular complexity index is 193. The molecular formula is C11H22N2O2. The first kappa shape index (κ1) is 13.9. The van der Waals surface area contributed by atoms with Crippen LogP contribution in [0.3, 0.4) is 0 Å². The molecule has 0 aromatic carbocycles. The van der Waals surface area contributed by atoms with E-state index < -0.39 is 5.91 Å². The molecule has 0 bridgehead atoms. The second-order valence-corrected chi connectivity index (χ2v) is 3.76. The maximum atomic E-state index is 11.1. The number of nitrogens with one attached hydrogen (secondary N) is 1. The van der Waals surface area contributed by atoms with Crippen LogP contribution in [-0.2, 0) is 9.59 Å². The number of nitrogens with two attached hydrogens (primary N) is 1. The third-order valence-electron chi connectivity index (χ3n) is 2.22. The average Bonchev–Trinajstić information content (AvgIpc) is 2.20. The molecule has 0 unspecified atom stereocenters. The summed E-state index contributed by atoms with van der Waals surface area (Å²) in [5.41, 5.74) is 4.90. The molecule has 0 aliphatic heterocycles. The Morgan fingerprint density at radius 1 is 1.07 bits per heavy atom. The number of primary amides is 1. The SMILES string of the molecule is CCCCCCCCC(=O)NCC(N)=O. The van der Waals surface area contributed by atoms with Gasteiger partial charge in [-0.25, -0.2) is 0 Å². The number of carbonyl (C=O) groups is 2. The summed E-state index contributed by atoms with van der Waals surface area (Å²) < 4.78 is 0. The van der Waals surface area contributed by atoms with Crippen molar-refractivity contribution in [1.82, 2.24) is 5.32 Å². The summed E-state index contributed by atoms with van der Waals surface area (Å²) in [7, 11) is 0. The molecule has 0 saturated carbocycles. The van der Waals surface area contributed by atoms with Crippen molar-refractivity contribution in [1.29, 1.82) is 0 Å². The van der Waals surface area contributed by atoms with Crippen LogP contribution in [0.2, 0.25) is 0 Å². The Hall–Kier alpha value is -1.06. The van der Waals surface area contributed by atoms with E-state index in [2.05, 4.69) is 12.2 Å². The Morgan fingerprint density at radius 2 is 1.67 bits per heavy atom. The molecule has 0 aliphatic rings. The van der Waals surface area contributed by atoms with E-state index in [1.165, 1.54) is 25.7 Å². The van der Waals surface area contributed by atoms with Crippen molar-refractivity contribution in [3.05, 3.63) is 0 Å². The van der Waals surface area contributed by atoms with Crippen LogP contribution in [0.1, 0.15) is 51.9 Å². The summed E-state index contributed by atoms with van der Waals surface area (Å²) in [5, 5.41) is 2.47. The average molecular weight is 214 g/mol. The zero-order valence-corrected chi connectivity index (χ0v) is 9.55. The molecule has 0 fully saturated rings. The van der Waals surface area contributed by atoms with Crippen LogP contribution in [0.5, 0.6) is 0 Å². The van der Waals surface area contributed by atoms with Crippen molar-refractivity contribution in [3.8, 4) is 0 Å². The van der Waals surface area contributed by atoms with Crippen molar-refractivity contribution >= 4 is 11.8 Å². The van der Waals surface area contributed by atoms with E-state index in [-0.39, 0.29) is 12.5 Å². The molecule has 0 saturated heterocycles. The maximum Gasteiger partial charge on any atom is 0.236 e. The fourth-order valence-corrected chi connectivity index (χ4v) is 1.34. The van der Waals surface area contributed by atoms with Crippen LogP contribution in [0.4, 0.5) is 0 Å². The van der Waals surface area contributed by atoms with Gasteiger partial charge in [0.2, 0.25) is 11.8 Å². The number of carbonyl (C=O) groups excluding carboxylic acids is 2. The van der Waals surface area contributed by atoms with E-state index in [0.29, 0.717) is 6.42 Å². The van der Waals surface area contributed by atoms with Crippen molar-refractivity contribution < 1.29 is 9.59 Å². The molecule has 0 aromatic rings. The van der Waals surface area contributed by atoms with Crippen LogP contribution in [0.25, 0.3) is 0 Å². The summed E-state index contributed by atoms with van der Waals surface area (Å²) in [6.45, 7) is 2.13. The molecule has 0 aromatic heterocycles. The van der Waals surface area contributed by atoms with Gasteiger partial charge in [-0.15, -0.1) is 0 Å². The molecule has 0 atom stereocenters. The molecule has 0 aliphatic carbocycles. The number of amides is 2. The van der Waals surface area contributed by atoms with Crippen molar-refractivity contribution in [2.45, 2.75) is 51.9 Å². The van der Waals surface area contributed by atoms with Crippen molar-refractivity contribution in [3.63, 3.8) is 0 Å². The first-order chi connectivity index (χ1) is 7.16. The number of hydrogen-bond donors (Lipinski definition) is 2. The Balaban J connectivity index is 3.20. The zero-order valence-electron chi connectivity index (χ0n) is 9.55. The Labute approximate surface area is 91.6 Å². The minimum absolute atomic E-state index is 0.0470. The Morgan fingerprint density at radius 3 is 2.27 bits per heavy atom. The summed E-state index contributed by atoms with van der Waals surface area (Å²) in [6.07, 6.45) is 7.43. The van der Waals surface area contributed by atoms with Crippen LogP contribution in [-0.4, -0.2) is 18.4 Å². The molecule has 0 rings (SSSR count). The number of hydrogen-bond acceptors (Lipinski definition) is 2. The highest BCUT2D eigenvalue weighted by Gasteiger charge is 2.01. The maximum absolute atomic E-state index is 11.1. The molecule has 4 heteroatoms. The lowest BCUT2D eigenvalue weighted by molar-refractivity contribution is -0.124. The Kier molecular flexibility index (Phi) is 8.82. The lowest BCUT2D eigenvalue weighted by atomic mass is 10.1. The highest BCUT2D eigenvalue weighted by Crippen LogP contribution is 2.06. The van der Waals surface area contributed by atoms with Gasteiger partial charge in [0, 0.05) is 6.42 Å². The second-order valence-electron chi connectivity index (χ2n) is 3.76. The molecule has 3 N–H and O–H groups in total. The molecule has 0 spiro atoms. The van der Waals surface area contributed by atoms with Gasteiger partial charge in [-0.05, 0) is 6.42 Å². The van der Waals surface area contributed by atoms with Crippen molar-refractivity contribution in [2.75, 3.05) is 6.54 Å². The van der Waals surface area contributed by atoms with Crippen LogP contribution >= 0.6 is 0 Å². The van der Waals surface area contributed by atoms with Gasteiger partial charge in [-0.2, -0.15) is 0 Å². The summed E-state index contributed by atoms with van der Waals surface area (Å²) in [6, 6.07) is 0. The first-order valence-electron chi connectivity index (χ1n) is 5.71. The predicted octanol–water partition coefficient (Wildman–Crippen LogP) is 1.34. The third kappa shape index (κ3) is 10.9. The lowest BCUT2D eigenvalue weighted by Crippen LogP contribution is -2.33. The van der Waals surface area contributed by atoms with E-state index in [1.807, 2.05) is 0 Å². The van der Waals surface area contributed by atoms with Crippen LogP contribution < -0.4 is 11.1 Å². The van der Waals surface area contributed by atoms with E-state index >= 15 is 0 Å². The normalized spacial score (nSPS) is 9.93. The summed E-state index contributed by atoms with van der Waals surface area (Å²) in [5.74, 6) is -0.574. The molecule has 0 heterocycles. The van der Waals surface area contributed by atoms with Gasteiger partial charge < -0.3 is 11.1 Å². The highest BCUT2D eigenvalue weighted by atomic mass is 16.2. The fraction of sp³-hybridized carbons (Fsp3) is 0.818. The quantitative estimate of drug-likeness (QED) is 0.568. The smallest absolute Gasteiger partial charge is 0.236 e. The van der Waals surface area contributed by atoms with Gasteiger partial charge >= 0.3 is 0 Å². The van der Waals surface area contributed by atoms with Gasteiger partial charge in [0.05, 0.1) is 6.54 Å². The molecule has 15 heavy (non-hydrogen) atoms. The fourth-order valence-electron chi connectivity index (χ4n) is 1.34. The highest BCUT2D eigenvalue weighted by molar-refractivity contribution is 5.83. The van der Waals surface area contributed by atoms with E-state index in [9.17, 15) is 9.59 Å². The molecule has 0 radical (unpaired) electrons.